The summed E-state index contributed by atoms with van der Waals surface area (Å²) in [5.41, 5.74) is -0.269. The number of hydrogen-bond acceptors (Lipinski definition) is 5. The molecule has 0 aromatic heterocycles. The van der Waals surface area contributed by atoms with Crippen molar-refractivity contribution >= 4 is 11.8 Å². The van der Waals surface area contributed by atoms with E-state index in [-0.39, 0.29) is 12.1 Å². The molecule has 1 aromatic carbocycles. The van der Waals surface area contributed by atoms with Crippen LogP contribution in [0.5, 0.6) is 11.5 Å². The lowest BCUT2D eigenvalue weighted by molar-refractivity contribution is 0.200. The van der Waals surface area contributed by atoms with Crippen molar-refractivity contribution in [2.75, 3.05) is 32.6 Å². The van der Waals surface area contributed by atoms with Gasteiger partial charge in [-0.05, 0) is 32.2 Å². The summed E-state index contributed by atoms with van der Waals surface area (Å²) >= 11 is 1.70. The zero-order valence-electron chi connectivity index (χ0n) is 11.4. The maximum Gasteiger partial charge on any atom is 0.162 e. The molecule has 0 spiro atoms. The SMILES string of the molecule is CNC(C)(CO)CSc1ccc2c(c1)OCCCO2. The predicted molar refractivity (Wildman–Crippen MR) is 77.3 cm³/mol. The van der Waals surface area contributed by atoms with Gasteiger partial charge >= 0.3 is 0 Å². The molecule has 0 fully saturated rings. The number of hydrogen-bond donors (Lipinski definition) is 2. The van der Waals surface area contributed by atoms with Crippen molar-refractivity contribution in [1.29, 1.82) is 0 Å². The van der Waals surface area contributed by atoms with Crippen LogP contribution >= 0.6 is 11.8 Å². The Morgan fingerprint density at radius 2 is 2.05 bits per heavy atom. The zero-order valence-corrected chi connectivity index (χ0v) is 12.3. The Morgan fingerprint density at radius 3 is 2.74 bits per heavy atom. The number of thioether (sulfide) groups is 1. The number of fused-ring (bicyclic) bond motifs is 1. The monoisotopic (exact) mass is 283 g/mol. The molecule has 0 saturated heterocycles. The zero-order chi connectivity index (χ0) is 13.7. The van der Waals surface area contributed by atoms with Gasteiger partial charge in [0.2, 0.25) is 0 Å². The van der Waals surface area contributed by atoms with Gasteiger partial charge in [0.15, 0.2) is 11.5 Å². The number of aliphatic hydroxyl groups excluding tert-OH is 1. The van der Waals surface area contributed by atoms with Crippen LogP contribution in [0.25, 0.3) is 0 Å². The minimum absolute atomic E-state index is 0.112. The smallest absolute Gasteiger partial charge is 0.162 e. The molecule has 1 atom stereocenters. The van der Waals surface area contributed by atoms with Gasteiger partial charge in [-0.25, -0.2) is 0 Å². The highest BCUT2D eigenvalue weighted by atomic mass is 32.2. The van der Waals surface area contributed by atoms with E-state index in [0.717, 1.165) is 28.6 Å². The standard InChI is InChI=1S/C14H21NO3S/c1-14(9-16,15-2)10-19-11-4-5-12-13(8-11)18-7-3-6-17-12/h4-5,8,15-16H,3,6-7,9-10H2,1-2H3. The van der Waals surface area contributed by atoms with Crippen LogP contribution < -0.4 is 14.8 Å². The van der Waals surface area contributed by atoms with Crippen LogP contribution in [-0.2, 0) is 0 Å². The molecule has 2 rings (SSSR count). The van der Waals surface area contributed by atoms with Crippen molar-refractivity contribution in [3.8, 4) is 11.5 Å². The van der Waals surface area contributed by atoms with Crippen LogP contribution in [0.4, 0.5) is 0 Å². The van der Waals surface area contributed by atoms with Crippen LogP contribution in [0.2, 0.25) is 0 Å². The third-order valence-corrected chi connectivity index (χ3v) is 4.60. The molecule has 0 aliphatic carbocycles. The molecule has 1 unspecified atom stereocenters. The first kappa shape index (κ1) is 14.5. The fourth-order valence-electron chi connectivity index (χ4n) is 1.67. The summed E-state index contributed by atoms with van der Waals surface area (Å²) in [5, 5.41) is 12.5. The number of rotatable bonds is 5. The summed E-state index contributed by atoms with van der Waals surface area (Å²) in [6, 6.07) is 6.00. The number of benzene rings is 1. The molecule has 1 heterocycles. The normalized spacial score (nSPS) is 17.6. The Morgan fingerprint density at radius 1 is 1.32 bits per heavy atom. The molecule has 4 nitrogen and oxygen atoms in total. The van der Waals surface area contributed by atoms with Gasteiger partial charge in [0.25, 0.3) is 0 Å². The van der Waals surface area contributed by atoms with Gasteiger partial charge < -0.3 is 19.9 Å². The van der Waals surface area contributed by atoms with Gasteiger partial charge in [-0.15, -0.1) is 11.8 Å². The fraction of sp³-hybridized carbons (Fsp3) is 0.571. The van der Waals surface area contributed by atoms with E-state index in [0.29, 0.717) is 13.2 Å². The Balaban J connectivity index is 2.04. The van der Waals surface area contributed by atoms with Crippen molar-refractivity contribution < 1.29 is 14.6 Å². The Bertz CT molecular complexity index is 421. The lowest BCUT2D eigenvalue weighted by Gasteiger charge is -2.26. The molecular weight excluding hydrogens is 262 g/mol. The Kier molecular flexibility index (Phi) is 4.96. The molecule has 0 saturated carbocycles. The maximum absolute atomic E-state index is 9.37. The summed E-state index contributed by atoms with van der Waals surface area (Å²) in [4.78, 5) is 1.12. The first-order valence-electron chi connectivity index (χ1n) is 6.49. The van der Waals surface area contributed by atoms with Gasteiger partial charge in [0.05, 0.1) is 19.8 Å². The van der Waals surface area contributed by atoms with Crippen molar-refractivity contribution in [3.05, 3.63) is 18.2 Å². The minimum Gasteiger partial charge on any atom is -0.490 e. The van der Waals surface area contributed by atoms with Gasteiger partial charge in [0.1, 0.15) is 0 Å². The summed E-state index contributed by atoms with van der Waals surface area (Å²) in [6.07, 6.45) is 0.916. The van der Waals surface area contributed by atoms with Crippen molar-refractivity contribution in [1.82, 2.24) is 5.32 Å². The topological polar surface area (TPSA) is 50.7 Å². The number of likely N-dealkylation sites (N-methyl/N-ethyl adjacent to an activating group) is 1. The molecule has 1 aliphatic heterocycles. The van der Waals surface area contributed by atoms with Gasteiger partial charge in [-0.1, -0.05) is 0 Å². The fourth-order valence-corrected chi connectivity index (χ4v) is 2.75. The minimum atomic E-state index is -0.269. The summed E-state index contributed by atoms with van der Waals surface area (Å²) < 4.78 is 11.3. The molecule has 1 aromatic rings. The van der Waals surface area contributed by atoms with E-state index in [2.05, 4.69) is 5.32 Å². The van der Waals surface area contributed by atoms with Crippen LogP contribution in [0.1, 0.15) is 13.3 Å². The van der Waals surface area contributed by atoms with E-state index >= 15 is 0 Å². The van der Waals surface area contributed by atoms with E-state index in [4.69, 9.17) is 9.47 Å². The molecule has 1 aliphatic rings. The highest BCUT2D eigenvalue weighted by Crippen LogP contribution is 2.34. The molecule has 0 amide bonds. The average Bonchev–Trinajstić information content (AvgIpc) is 2.69. The van der Waals surface area contributed by atoms with E-state index < -0.39 is 0 Å². The predicted octanol–water partition coefficient (Wildman–Crippen LogP) is 1.91. The molecule has 2 N–H and O–H groups in total. The van der Waals surface area contributed by atoms with Crippen molar-refractivity contribution in [2.24, 2.45) is 0 Å². The molecule has 0 bridgehead atoms. The third-order valence-electron chi connectivity index (χ3n) is 3.23. The van der Waals surface area contributed by atoms with E-state index in [1.54, 1.807) is 11.8 Å². The van der Waals surface area contributed by atoms with E-state index in [1.165, 1.54) is 0 Å². The highest BCUT2D eigenvalue weighted by Gasteiger charge is 2.21. The van der Waals surface area contributed by atoms with E-state index in [1.807, 2.05) is 32.2 Å². The molecule has 0 radical (unpaired) electrons. The van der Waals surface area contributed by atoms with Crippen LogP contribution in [0.3, 0.4) is 0 Å². The Hall–Kier alpha value is -0.910. The van der Waals surface area contributed by atoms with Crippen molar-refractivity contribution in [2.45, 2.75) is 23.8 Å². The van der Waals surface area contributed by atoms with Gasteiger partial charge in [-0.3, -0.25) is 0 Å². The Labute approximate surface area is 118 Å². The number of ether oxygens (including phenoxy) is 2. The summed E-state index contributed by atoms with van der Waals surface area (Å²) in [7, 11) is 1.87. The second kappa shape index (κ2) is 6.50. The number of aliphatic hydroxyl groups is 1. The number of nitrogens with one attached hydrogen (secondary N) is 1. The molecule has 19 heavy (non-hydrogen) atoms. The largest absolute Gasteiger partial charge is 0.490 e. The van der Waals surface area contributed by atoms with Crippen molar-refractivity contribution in [3.63, 3.8) is 0 Å². The summed E-state index contributed by atoms with van der Waals surface area (Å²) in [6.45, 7) is 3.53. The first-order chi connectivity index (χ1) is 9.17. The molecular formula is C14H21NO3S. The average molecular weight is 283 g/mol. The van der Waals surface area contributed by atoms with Gasteiger partial charge in [0, 0.05) is 22.6 Å². The summed E-state index contributed by atoms with van der Waals surface area (Å²) in [5.74, 6) is 2.43. The first-order valence-corrected chi connectivity index (χ1v) is 7.48. The molecule has 5 heteroatoms. The van der Waals surface area contributed by atoms with Crippen LogP contribution in [-0.4, -0.2) is 43.3 Å². The van der Waals surface area contributed by atoms with Gasteiger partial charge in [-0.2, -0.15) is 0 Å². The quantitative estimate of drug-likeness (QED) is 0.809. The van der Waals surface area contributed by atoms with E-state index in [9.17, 15) is 5.11 Å². The highest BCUT2D eigenvalue weighted by molar-refractivity contribution is 7.99. The lowest BCUT2D eigenvalue weighted by Crippen LogP contribution is -2.45. The van der Waals surface area contributed by atoms with Crippen LogP contribution in [0.15, 0.2) is 23.1 Å². The maximum atomic E-state index is 9.37. The lowest BCUT2D eigenvalue weighted by atomic mass is 10.1. The second-order valence-electron chi connectivity index (χ2n) is 4.92. The van der Waals surface area contributed by atoms with Crippen LogP contribution in [0, 0.1) is 0 Å². The molecule has 106 valence electrons. The second-order valence-corrected chi connectivity index (χ2v) is 5.97. The third kappa shape index (κ3) is 3.78.